The zero-order valence-corrected chi connectivity index (χ0v) is 12.9. The zero-order chi connectivity index (χ0) is 14.7. The average Bonchev–Trinajstić information content (AvgIpc) is 3.20. The van der Waals surface area contributed by atoms with E-state index in [0.29, 0.717) is 0 Å². The van der Waals surface area contributed by atoms with Gasteiger partial charge in [-0.25, -0.2) is 9.78 Å². The van der Waals surface area contributed by atoms with Crippen molar-refractivity contribution in [1.29, 1.82) is 0 Å². The van der Waals surface area contributed by atoms with E-state index >= 15 is 0 Å². The van der Waals surface area contributed by atoms with E-state index in [-0.39, 0.29) is 18.1 Å². The highest BCUT2D eigenvalue weighted by Gasteiger charge is 2.30. The number of urea groups is 1. The van der Waals surface area contributed by atoms with Crippen LogP contribution in [0.5, 0.6) is 0 Å². The van der Waals surface area contributed by atoms with Gasteiger partial charge in [0.15, 0.2) is 0 Å². The van der Waals surface area contributed by atoms with E-state index in [0.717, 1.165) is 25.9 Å². The third-order valence-electron chi connectivity index (χ3n) is 3.80. The van der Waals surface area contributed by atoms with Gasteiger partial charge >= 0.3 is 6.03 Å². The SMILES string of the molecule is CC(Cn1ccnc1)NC(=O)N1CCCC1c1cccs1. The number of carbonyl (C=O) groups excluding carboxylic acids is 1. The molecule has 0 bridgehead atoms. The van der Waals surface area contributed by atoms with Crippen LogP contribution in [0.25, 0.3) is 0 Å². The molecule has 2 atom stereocenters. The largest absolute Gasteiger partial charge is 0.335 e. The maximum absolute atomic E-state index is 12.5. The number of thiophene rings is 1. The molecule has 6 heteroatoms. The van der Waals surface area contributed by atoms with Crippen LogP contribution < -0.4 is 5.32 Å². The Labute approximate surface area is 128 Å². The van der Waals surface area contributed by atoms with Gasteiger partial charge in [-0.1, -0.05) is 6.07 Å². The molecule has 2 aromatic rings. The lowest BCUT2D eigenvalue weighted by molar-refractivity contribution is 0.189. The number of amides is 2. The molecule has 0 aliphatic carbocycles. The molecule has 0 saturated carbocycles. The summed E-state index contributed by atoms with van der Waals surface area (Å²) >= 11 is 1.73. The molecular formula is C15H20N4OS. The third kappa shape index (κ3) is 3.26. The van der Waals surface area contributed by atoms with Crippen molar-refractivity contribution in [2.24, 2.45) is 0 Å². The van der Waals surface area contributed by atoms with E-state index in [2.05, 4.69) is 27.8 Å². The summed E-state index contributed by atoms with van der Waals surface area (Å²) < 4.78 is 1.98. The van der Waals surface area contributed by atoms with E-state index in [4.69, 9.17) is 0 Å². The molecule has 0 radical (unpaired) electrons. The van der Waals surface area contributed by atoms with E-state index in [1.807, 2.05) is 22.6 Å². The Hall–Kier alpha value is -1.82. The molecule has 2 aromatic heterocycles. The second-order valence-corrected chi connectivity index (χ2v) is 6.46. The number of hydrogen-bond acceptors (Lipinski definition) is 3. The maximum Gasteiger partial charge on any atom is 0.318 e. The fourth-order valence-corrected chi connectivity index (χ4v) is 3.71. The Morgan fingerprint density at radius 3 is 3.24 bits per heavy atom. The summed E-state index contributed by atoms with van der Waals surface area (Å²) in [5, 5.41) is 5.17. The van der Waals surface area contributed by atoms with Gasteiger partial charge in [0.25, 0.3) is 0 Å². The Kier molecular flexibility index (Phi) is 4.24. The maximum atomic E-state index is 12.5. The van der Waals surface area contributed by atoms with Gasteiger partial charge in [0.1, 0.15) is 0 Å². The minimum absolute atomic E-state index is 0.0403. The van der Waals surface area contributed by atoms with Crippen LogP contribution in [0.2, 0.25) is 0 Å². The molecule has 112 valence electrons. The van der Waals surface area contributed by atoms with Crippen LogP contribution in [0.1, 0.15) is 30.7 Å². The van der Waals surface area contributed by atoms with Crippen LogP contribution in [-0.2, 0) is 6.54 Å². The third-order valence-corrected chi connectivity index (χ3v) is 4.77. The first-order valence-corrected chi connectivity index (χ1v) is 8.18. The molecule has 1 N–H and O–H groups in total. The van der Waals surface area contributed by atoms with Crippen molar-refractivity contribution in [1.82, 2.24) is 19.8 Å². The van der Waals surface area contributed by atoms with E-state index in [1.165, 1.54) is 4.88 Å². The number of carbonyl (C=O) groups is 1. The lowest BCUT2D eigenvalue weighted by Gasteiger charge is -2.26. The number of nitrogens with one attached hydrogen (secondary N) is 1. The lowest BCUT2D eigenvalue weighted by atomic mass is 10.2. The van der Waals surface area contributed by atoms with E-state index in [9.17, 15) is 4.79 Å². The summed E-state index contributed by atoms with van der Waals surface area (Å²) in [6, 6.07) is 4.53. The molecule has 0 spiro atoms. The number of hydrogen-bond donors (Lipinski definition) is 1. The van der Waals surface area contributed by atoms with Gasteiger partial charge in [0.05, 0.1) is 12.4 Å². The standard InChI is InChI=1S/C15H20N4OS/c1-12(10-18-8-6-16-11-18)17-15(20)19-7-2-4-13(19)14-5-3-9-21-14/h3,5-6,8-9,11-13H,2,4,7,10H2,1H3,(H,17,20). The predicted octanol–water partition coefficient (Wildman–Crippen LogP) is 2.88. The lowest BCUT2D eigenvalue weighted by Crippen LogP contribution is -2.44. The highest BCUT2D eigenvalue weighted by molar-refractivity contribution is 7.10. The Morgan fingerprint density at radius 1 is 1.62 bits per heavy atom. The molecular weight excluding hydrogens is 284 g/mol. The summed E-state index contributed by atoms with van der Waals surface area (Å²) in [6.07, 6.45) is 7.57. The summed E-state index contributed by atoms with van der Waals surface area (Å²) in [7, 11) is 0. The van der Waals surface area contributed by atoms with Crippen LogP contribution >= 0.6 is 11.3 Å². The average molecular weight is 304 g/mol. The molecule has 3 heterocycles. The number of nitrogens with zero attached hydrogens (tertiary/aromatic N) is 3. The molecule has 3 rings (SSSR count). The van der Waals surface area contributed by atoms with Gasteiger partial charge < -0.3 is 14.8 Å². The van der Waals surface area contributed by atoms with Crippen molar-refractivity contribution < 1.29 is 4.79 Å². The predicted molar refractivity (Wildman–Crippen MR) is 83.2 cm³/mol. The minimum atomic E-state index is 0.0403. The van der Waals surface area contributed by atoms with E-state index < -0.39 is 0 Å². The summed E-state index contributed by atoms with van der Waals surface area (Å²) in [6.45, 7) is 3.60. The minimum Gasteiger partial charge on any atom is -0.335 e. The fourth-order valence-electron chi connectivity index (χ4n) is 2.84. The number of rotatable bonds is 4. The Morgan fingerprint density at radius 2 is 2.52 bits per heavy atom. The molecule has 1 aliphatic rings. The van der Waals surface area contributed by atoms with Crippen molar-refractivity contribution >= 4 is 17.4 Å². The quantitative estimate of drug-likeness (QED) is 0.944. The number of imidazole rings is 1. The number of likely N-dealkylation sites (tertiary alicyclic amines) is 1. The van der Waals surface area contributed by atoms with Crippen LogP contribution in [0, 0.1) is 0 Å². The molecule has 1 fully saturated rings. The van der Waals surface area contributed by atoms with Crippen LogP contribution in [0.15, 0.2) is 36.2 Å². The molecule has 2 amide bonds. The van der Waals surface area contributed by atoms with Crippen molar-refractivity contribution in [3.63, 3.8) is 0 Å². The van der Waals surface area contributed by atoms with Crippen LogP contribution in [0.3, 0.4) is 0 Å². The van der Waals surface area contributed by atoms with Crippen molar-refractivity contribution in [2.45, 2.75) is 38.4 Å². The van der Waals surface area contributed by atoms with Crippen molar-refractivity contribution in [3.05, 3.63) is 41.1 Å². The van der Waals surface area contributed by atoms with Crippen LogP contribution in [0.4, 0.5) is 4.79 Å². The van der Waals surface area contributed by atoms with Gasteiger partial charge in [0.2, 0.25) is 0 Å². The first kappa shape index (κ1) is 14.1. The molecule has 1 aliphatic heterocycles. The van der Waals surface area contributed by atoms with E-state index in [1.54, 1.807) is 23.9 Å². The smallest absolute Gasteiger partial charge is 0.318 e. The normalized spacial score (nSPS) is 19.7. The van der Waals surface area contributed by atoms with Gasteiger partial charge in [-0.3, -0.25) is 0 Å². The highest BCUT2D eigenvalue weighted by atomic mass is 32.1. The zero-order valence-electron chi connectivity index (χ0n) is 12.1. The fraction of sp³-hybridized carbons (Fsp3) is 0.467. The van der Waals surface area contributed by atoms with Gasteiger partial charge in [-0.15, -0.1) is 11.3 Å². The van der Waals surface area contributed by atoms with Gasteiger partial charge in [-0.2, -0.15) is 0 Å². The van der Waals surface area contributed by atoms with Gasteiger partial charge in [-0.05, 0) is 31.2 Å². The van der Waals surface area contributed by atoms with Crippen molar-refractivity contribution in [3.8, 4) is 0 Å². The summed E-state index contributed by atoms with van der Waals surface area (Å²) in [4.78, 5) is 19.8. The number of aromatic nitrogens is 2. The summed E-state index contributed by atoms with van der Waals surface area (Å²) in [5.41, 5.74) is 0. The second-order valence-electron chi connectivity index (χ2n) is 5.48. The highest BCUT2D eigenvalue weighted by Crippen LogP contribution is 2.34. The topological polar surface area (TPSA) is 50.2 Å². The monoisotopic (exact) mass is 304 g/mol. The second kappa shape index (κ2) is 6.30. The molecule has 21 heavy (non-hydrogen) atoms. The first-order chi connectivity index (χ1) is 10.2. The van der Waals surface area contributed by atoms with Gasteiger partial charge in [0, 0.05) is 36.4 Å². The van der Waals surface area contributed by atoms with Crippen molar-refractivity contribution in [2.75, 3.05) is 6.54 Å². The molecule has 2 unspecified atom stereocenters. The summed E-state index contributed by atoms with van der Waals surface area (Å²) in [5.74, 6) is 0. The molecule has 5 nitrogen and oxygen atoms in total. The van der Waals surface area contributed by atoms with Crippen LogP contribution in [-0.4, -0.2) is 33.1 Å². The molecule has 0 aromatic carbocycles. The first-order valence-electron chi connectivity index (χ1n) is 7.30. The Bertz CT molecular complexity index is 567. The molecule has 1 saturated heterocycles. The Balaban J connectivity index is 1.59.